The highest BCUT2D eigenvalue weighted by atomic mass is 16.6. The fourth-order valence-corrected chi connectivity index (χ4v) is 2.03. The van der Waals surface area contributed by atoms with E-state index in [1.54, 1.807) is 0 Å². The molecule has 3 heteroatoms. The van der Waals surface area contributed by atoms with Crippen molar-refractivity contribution in [3.05, 3.63) is 0 Å². The lowest BCUT2D eigenvalue weighted by Gasteiger charge is -2.43. The third-order valence-corrected chi connectivity index (χ3v) is 1.82. The molecule has 1 aliphatic heterocycles. The predicted octanol–water partition coefficient (Wildman–Crippen LogP) is 2.10. The summed E-state index contributed by atoms with van der Waals surface area (Å²) in [7, 11) is -0.0752. The lowest BCUT2D eigenvalue weighted by molar-refractivity contribution is -0.0744. The Morgan fingerprint density at radius 1 is 1.00 bits per heavy atom. The molecule has 0 aromatic heterocycles. The van der Waals surface area contributed by atoms with E-state index in [2.05, 4.69) is 27.7 Å². The zero-order chi connectivity index (χ0) is 8.70. The second-order valence-electron chi connectivity index (χ2n) is 4.50. The SMILES string of the molecule is CB1OC(C)(C)CC(C)(C)O1. The Morgan fingerprint density at radius 3 is 1.64 bits per heavy atom. The molecule has 0 unspecified atom stereocenters. The molecule has 0 radical (unpaired) electrons. The third-order valence-electron chi connectivity index (χ3n) is 1.82. The summed E-state index contributed by atoms with van der Waals surface area (Å²) in [4.78, 5) is 0. The lowest BCUT2D eigenvalue weighted by atomic mass is 9.81. The van der Waals surface area contributed by atoms with Crippen LogP contribution in [0.5, 0.6) is 0 Å². The van der Waals surface area contributed by atoms with Gasteiger partial charge in [-0.2, -0.15) is 0 Å². The molecule has 11 heavy (non-hydrogen) atoms. The molecule has 1 fully saturated rings. The van der Waals surface area contributed by atoms with E-state index < -0.39 is 0 Å². The second kappa shape index (κ2) is 2.49. The molecule has 1 saturated heterocycles. The molecular weight excluding hydrogens is 139 g/mol. The summed E-state index contributed by atoms with van der Waals surface area (Å²) in [6.07, 6.45) is 0.949. The van der Waals surface area contributed by atoms with Crippen LogP contribution in [0.2, 0.25) is 6.82 Å². The van der Waals surface area contributed by atoms with Crippen molar-refractivity contribution < 1.29 is 9.31 Å². The van der Waals surface area contributed by atoms with E-state index in [4.69, 9.17) is 9.31 Å². The molecule has 0 amide bonds. The first-order chi connectivity index (χ1) is 4.81. The summed E-state index contributed by atoms with van der Waals surface area (Å²) in [5.41, 5.74) is -0.0810. The lowest BCUT2D eigenvalue weighted by Crippen LogP contribution is -2.50. The van der Waals surface area contributed by atoms with E-state index in [0.29, 0.717) is 0 Å². The first-order valence-corrected chi connectivity index (χ1v) is 4.16. The van der Waals surface area contributed by atoms with Gasteiger partial charge in [0.05, 0.1) is 11.2 Å². The predicted molar refractivity (Wildman–Crippen MR) is 46.6 cm³/mol. The average molecular weight is 156 g/mol. The van der Waals surface area contributed by atoms with Crippen molar-refractivity contribution in [2.45, 2.75) is 52.1 Å². The van der Waals surface area contributed by atoms with Gasteiger partial charge in [-0.05, 0) is 34.5 Å². The van der Waals surface area contributed by atoms with E-state index >= 15 is 0 Å². The molecule has 0 aromatic rings. The van der Waals surface area contributed by atoms with Crippen LogP contribution in [-0.2, 0) is 9.31 Å². The third kappa shape index (κ3) is 2.49. The monoisotopic (exact) mass is 156 g/mol. The second-order valence-corrected chi connectivity index (χ2v) is 4.50. The number of rotatable bonds is 0. The molecule has 0 spiro atoms. The zero-order valence-electron chi connectivity index (χ0n) is 8.10. The van der Waals surface area contributed by atoms with Crippen molar-refractivity contribution in [1.82, 2.24) is 0 Å². The highest BCUT2D eigenvalue weighted by Crippen LogP contribution is 2.32. The molecular formula is C8H17BO2. The van der Waals surface area contributed by atoms with Gasteiger partial charge < -0.3 is 9.31 Å². The molecule has 0 atom stereocenters. The van der Waals surface area contributed by atoms with Crippen LogP contribution in [-0.4, -0.2) is 18.3 Å². The minimum Gasteiger partial charge on any atom is -0.406 e. The van der Waals surface area contributed by atoms with Crippen molar-refractivity contribution in [3.63, 3.8) is 0 Å². The van der Waals surface area contributed by atoms with Crippen LogP contribution in [0.15, 0.2) is 0 Å². The molecule has 0 aliphatic carbocycles. The van der Waals surface area contributed by atoms with Gasteiger partial charge in [-0.3, -0.25) is 0 Å². The summed E-state index contributed by atoms with van der Waals surface area (Å²) < 4.78 is 11.2. The average Bonchev–Trinajstić information content (AvgIpc) is 1.49. The molecule has 1 rings (SSSR count). The Bertz CT molecular complexity index is 138. The van der Waals surface area contributed by atoms with Gasteiger partial charge >= 0.3 is 7.12 Å². The quantitative estimate of drug-likeness (QED) is 0.500. The maximum atomic E-state index is 5.59. The summed E-state index contributed by atoms with van der Waals surface area (Å²) >= 11 is 0. The smallest absolute Gasteiger partial charge is 0.406 e. The largest absolute Gasteiger partial charge is 0.454 e. The van der Waals surface area contributed by atoms with Gasteiger partial charge in [0.25, 0.3) is 0 Å². The normalized spacial score (nSPS) is 28.6. The van der Waals surface area contributed by atoms with Crippen LogP contribution in [0, 0.1) is 0 Å². The van der Waals surface area contributed by atoms with E-state index in [9.17, 15) is 0 Å². The van der Waals surface area contributed by atoms with Gasteiger partial charge in [0.2, 0.25) is 0 Å². The molecule has 1 aliphatic rings. The standard InChI is InChI=1S/C8H17BO2/c1-7(2)6-8(3,4)11-9(5)10-7/h6H2,1-5H3. The van der Waals surface area contributed by atoms with Crippen molar-refractivity contribution in [2.24, 2.45) is 0 Å². The van der Waals surface area contributed by atoms with Gasteiger partial charge in [-0.1, -0.05) is 0 Å². The Balaban J connectivity index is 2.66. The van der Waals surface area contributed by atoms with E-state index in [1.807, 2.05) is 6.82 Å². The van der Waals surface area contributed by atoms with Crippen LogP contribution in [0.3, 0.4) is 0 Å². The molecule has 0 N–H and O–H groups in total. The molecule has 0 saturated carbocycles. The van der Waals surface area contributed by atoms with Gasteiger partial charge in [-0.15, -0.1) is 0 Å². The minimum atomic E-state index is -0.0752. The Kier molecular flexibility index (Phi) is 2.06. The first-order valence-electron chi connectivity index (χ1n) is 4.16. The summed E-state index contributed by atoms with van der Waals surface area (Å²) in [5, 5.41) is 0. The van der Waals surface area contributed by atoms with Gasteiger partial charge in [-0.25, -0.2) is 0 Å². The highest BCUT2D eigenvalue weighted by Gasteiger charge is 2.39. The van der Waals surface area contributed by atoms with E-state index in [0.717, 1.165) is 6.42 Å². The zero-order valence-corrected chi connectivity index (χ0v) is 8.10. The molecule has 2 nitrogen and oxygen atoms in total. The maximum absolute atomic E-state index is 5.59. The summed E-state index contributed by atoms with van der Waals surface area (Å²) in [6.45, 7) is 10.4. The molecule has 64 valence electrons. The Hall–Kier alpha value is -0.0151. The molecule has 0 aromatic carbocycles. The van der Waals surface area contributed by atoms with Crippen molar-refractivity contribution in [3.8, 4) is 0 Å². The topological polar surface area (TPSA) is 18.5 Å². The van der Waals surface area contributed by atoms with Crippen molar-refractivity contribution in [1.29, 1.82) is 0 Å². The van der Waals surface area contributed by atoms with Gasteiger partial charge in [0, 0.05) is 6.42 Å². The minimum absolute atomic E-state index is 0.0405. The molecule has 1 heterocycles. The maximum Gasteiger partial charge on any atom is 0.454 e. The summed E-state index contributed by atoms with van der Waals surface area (Å²) in [6, 6.07) is 0. The summed E-state index contributed by atoms with van der Waals surface area (Å²) in [5.74, 6) is 0. The van der Waals surface area contributed by atoms with Crippen LogP contribution in [0.25, 0.3) is 0 Å². The Labute approximate surface area is 69.4 Å². The van der Waals surface area contributed by atoms with Gasteiger partial charge in [0.1, 0.15) is 0 Å². The van der Waals surface area contributed by atoms with Crippen molar-refractivity contribution in [2.75, 3.05) is 0 Å². The first kappa shape index (κ1) is 9.08. The number of hydrogen-bond acceptors (Lipinski definition) is 2. The van der Waals surface area contributed by atoms with Crippen LogP contribution >= 0.6 is 0 Å². The fourth-order valence-electron chi connectivity index (χ4n) is 2.03. The van der Waals surface area contributed by atoms with Gasteiger partial charge in [0.15, 0.2) is 0 Å². The van der Waals surface area contributed by atoms with E-state index in [-0.39, 0.29) is 18.3 Å². The van der Waals surface area contributed by atoms with Crippen molar-refractivity contribution >= 4 is 7.12 Å². The fraction of sp³-hybridized carbons (Fsp3) is 1.00. The van der Waals surface area contributed by atoms with Crippen LogP contribution in [0.4, 0.5) is 0 Å². The highest BCUT2D eigenvalue weighted by molar-refractivity contribution is 6.43. The number of hydrogen-bond donors (Lipinski definition) is 0. The van der Waals surface area contributed by atoms with Crippen LogP contribution in [0.1, 0.15) is 34.1 Å². The molecule has 0 bridgehead atoms. The van der Waals surface area contributed by atoms with E-state index in [1.165, 1.54) is 0 Å². The van der Waals surface area contributed by atoms with Crippen LogP contribution < -0.4 is 0 Å². The Morgan fingerprint density at radius 2 is 1.36 bits per heavy atom.